The fourth-order valence-electron chi connectivity index (χ4n) is 3.58. The second kappa shape index (κ2) is 15.3. The Labute approximate surface area is 226 Å². The van der Waals surface area contributed by atoms with Crippen molar-refractivity contribution in [1.82, 2.24) is 16.0 Å². The Morgan fingerprint density at radius 2 is 1.53 bits per heavy atom. The lowest BCUT2D eigenvalue weighted by Gasteiger charge is -2.29. The molecule has 2 unspecified atom stereocenters. The van der Waals surface area contributed by atoms with Crippen molar-refractivity contribution >= 4 is 23.9 Å². The summed E-state index contributed by atoms with van der Waals surface area (Å²) in [6.45, 7) is 14.3. The molecule has 10 nitrogen and oxygen atoms in total. The highest BCUT2D eigenvalue weighted by atomic mass is 16.6. The number of nitrogens with one attached hydrogen (secondary N) is 3. The van der Waals surface area contributed by atoms with E-state index < -0.39 is 53.7 Å². The van der Waals surface area contributed by atoms with E-state index in [0.717, 1.165) is 5.56 Å². The van der Waals surface area contributed by atoms with Crippen molar-refractivity contribution in [3.05, 3.63) is 35.9 Å². The van der Waals surface area contributed by atoms with Gasteiger partial charge < -0.3 is 30.5 Å². The minimum absolute atomic E-state index is 0.0234. The molecule has 4 atom stereocenters. The molecule has 0 fully saturated rings. The van der Waals surface area contributed by atoms with Gasteiger partial charge in [0.05, 0.1) is 6.04 Å². The lowest BCUT2D eigenvalue weighted by atomic mass is 9.99. The van der Waals surface area contributed by atoms with Crippen molar-refractivity contribution in [2.45, 2.75) is 105 Å². The molecule has 10 heteroatoms. The minimum Gasteiger partial charge on any atom is -0.458 e. The molecule has 0 bridgehead atoms. The average molecular weight is 536 g/mol. The fraction of sp³-hybridized carbons (Fsp3) is 0.643. The first-order valence-corrected chi connectivity index (χ1v) is 13.1. The molecular weight excluding hydrogens is 490 g/mol. The number of esters is 1. The predicted octanol–water partition coefficient (Wildman–Crippen LogP) is 3.07. The number of rotatable bonds is 13. The van der Waals surface area contributed by atoms with Gasteiger partial charge in [0.2, 0.25) is 5.91 Å². The fourth-order valence-corrected chi connectivity index (χ4v) is 3.58. The Morgan fingerprint density at radius 3 is 2.03 bits per heavy atom. The van der Waals surface area contributed by atoms with Crippen molar-refractivity contribution < 1.29 is 33.8 Å². The summed E-state index contributed by atoms with van der Waals surface area (Å²) in [5.74, 6) is -2.19. The lowest BCUT2D eigenvalue weighted by Crippen LogP contribution is -2.57. The van der Waals surface area contributed by atoms with Gasteiger partial charge in [-0.3, -0.25) is 9.59 Å². The number of amides is 3. The van der Waals surface area contributed by atoms with Gasteiger partial charge in [-0.25, -0.2) is 9.59 Å². The van der Waals surface area contributed by atoms with Crippen LogP contribution in [-0.2, 0) is 30.5 Å². The van der Waals surface area contributed by atoms with Crippen molar-refractivity contribution in [1.29, 1.82) is 0 Å². The van der Waals surface area contributed by atoms with E-state index in [1.165, 1.54) is 0 Å². The van der Waals surface area contributed by atoms with Crippen LogP contribution in [0.15, 0.2) is 30.3 Å². The molecule has 0 spiro atoms. The molecule has 4 N–H and O–H groups in total. The number of hydrogen-bond acceptors (Lipinski definition) is 7. The van der Waals surface area contributed by atoms with E-state index in [1.807, 2.05) is 32.0 Å². The van der Waals surface area contributed by atoms with E-state index in [4.69, 9.17) is 9.47 Å². The van der Waals surface area contributed by atoms with Gasteiger partial charge >= 0.3 is 12.1 Å². The van der Waals surface area contributed by atoms with Crippen LogP contribution in [0.25, 0.3) is 0 Å². The van der Waals surface area contributed by atoms with E-state index in [0.29, 0.717) is 0 Å². The summed E-state index contributed by atoms with van der Waals surface area (Å²) in [6.07, 6.45) is -1.89. The van der Waals surface area contributed by atoms with Gasteiger partial charge in [0.25, 0.3) is 5.91 Å². The predicted molar refractivity (Wildman–Crippen MR) is 144 cm³/mol. The number of hydrogen-bond donors (Lipinski definition) is 4. The normalized spacial score (nSPS) is 14.7. The van der Waals surface area contributed by atoms with Crippen LogP contribution in [-0.4, -0.2) is 58.8 Å². The molecular formula is C28H45N3O7. The lowest BCUT2D eigenvalue weighted by molar-refractivity contribution is -0.160. The number of carbonyl (C=O) groups is 4. The number of ether oxygens (including phenoxy) is 2. The van der Waals surface area contributed by atoms with Crippen LogP contribution in [0.1, 0.15) is 73.8 Å². The van der Waals surface area contributed by atoms with Gasteiger partial charge in [0.1, 0.15) is 24.3 Å². The zero-order valence-electron chi connectivity index (χ0n) is 23.9. The Kier molecular flexibility index (Phi) is 13.3. The number of aliphatic hydroxyl groups excluding tert-OH is 1. The first-order valence-electron chi connectivity index (χ1n) is 13.1. The first-order chi connectivity index (χ1) is 17.6. The van der Waals surface area contributed by atoms with Crippen LogP contribution in [0.5, 0.6) is 0 Å². The number of alkyl carbamates (subject to hydrolysis) is 1. The monoisotopic (exact) mass is 535 g/mol. The van der Waals surface area contributed by atoms with Crippen LogP contribution >= 0.6 is 0 Å². The Hall–Kier alpha value is -3.14. The van der Waals surface area contributed by atoms with Crippen LogP contribution in [0.2, 0.25) is 0 Å². The third kappa shape index (κ3) is 11.9. The van der Waals surface area contributed by atoms with Crippen molar-refractivity contribution in [2.24, 2.45) is 11.8 Å². The van der Waals surface area contributed by atoms with E-state index in [1.54, 1.807) is 53.7 Å². The highest BCUT2D eigenvalue weighted by Crippen LogP contribution is 2.14. The maximum Gasteiger partial charge on any atom is 0.407 e. The molecule has 1 rings (SSSR count). The molecule has 0 aliphatic heterocycles. The second-order valence-electron chi connectivity index (χ2n) is 11.1. The summed E-state index contributed by atoms with van der Waals surface area (Å²) in [5.41, 5.74) is 0.0669. The van der Waals surface area contributed by atoms with Gasteiger partial charge in [-0.2, -0.15) is 0 Å². The van der Waals surface area contributed by atoms with Crippen molar-refractivity contribution in [2.75, 3.05) is 0 Å². The summed E-state index contributed by atoms with van der Waals surface area (Å²) in [6, 6.07) is 6.23. The molecule has 0 heterocycles. The van der Waals surface area contributed by atoms with Crippen LogP contribution in [0, 0.1) is 11.8 Å². The summed E-state index contributed by atoms with van der Waals surface area (Å²) < 4.78 is 10.6. The quantitative estimate of drug-likeness (QED) is 0.284. The first kappa shape index (κ1) is 32.9. The molecule has 3 amide bonds. The van der Waals surface area contributed by atoms with Crippen molar-refractivity contribution in [3.63, 3.8) is 0 Å². The summed E-state index contributed by atoms with van der Waals surface area (Å²) in [7, 11) is 0. The second-order valence-corrected chi connectivity index (χ2v) is 11.1. The van der Waals surface area contributed by atoms with Gasteiger partial charge in [-0.05, 0) is 51.0 Å². The molecule has 0 aliphatic rings. The SMILES string of the molecule is CCC(NC(=O)OCc1ccccc1)C(O)C(=O)N[C@H](CC(C)C)C(=O)N[C@H](C(=O)OC(C)(C)C)C(C)C. The Balaban J connectivity index is 2.86. The van der Waals surface area contributed by atoms with Crippen molar-refractivity contribution in [3.8, 4) is 0 Å². The van der Waals surface area contributed by atoms with Crippen LogP contribution in [0.4, 0.5) is 4.79 Å². The molecule has 0 saturated carbocycles. The maximum atomic E-state index is 13.2. The summed E-state index contributed by atoms with van der Waals surface area (Å²) in [5, 5.41) is 18.5. The highest BCUT2D eigenvalue weighted by molar-refractivity contribution is 5.92. The van der Waals surface area contributed by atoms with E-state index in [-0.39, 0.29) is 31.3 Å². The Morgan fingerprint density at radius 1 is 0.921 bits per heavy atom. The third-order valence-electron chi connectivity index (χ3n) is 5.57. The molecule has 0 radical (unpaired) electrons. The average Bonchev–Trinajstić information content (AvgIpc) is 2.82. The summed E-state index contributed by atoms with van der Waals surface area (Å²) in [4.78, 5) is 51.0. The van der Waals surface area contributed by atoms with Gasteiger partial charge in [-0.1, -0.05) is 65.0 Å². The topological polar surface area (TPSA) is 143 Å². The molecule has 1 aromatic carbocycles. The van der Waals surface area contributed by atoms with E-state index in [9.17, 15) is 24.3 Å². The van der Waals surface area contributed by atoms with E-state index in [2.05, 4.69) is 16.0 Å². The summed E-state index contributed by atoms with van der Waals surface area (Å²) >= 11 is 0. The number of aliphatic hydroxyl groups is 1. The Bertz CT molecular complexity index is 913. The molecule has 38 heavy (non-hydrogen) atoms. The van der Waals surface area contributed by atoms with Crippen LogP contribution < -0.4 is 16.0 Å². The largest absolute Gasteiger partial charge is 0.458 e. The van der Waals surface area contributed by atoms with Gasteiger partial charge in [0.15, 0.2) is 6.10 Å². The molecule has 0 saturated heterocycles. The third-order valence-corrected chi connectivity index (χ3v) is 5.57. The number of carbonyl (C=O) groups excluding carboxylic acids is 4. The zero-order valence-corrected chi connectivity index (χ0v) is 23.9. The molecule has 214 valence electrons. The zero-order chi connectivity index (χ0) is 29.0. The minimum atomic E-state index is -1.63. The maximum absolute atomic E-state index is 13.2. The standard InChI is InChI=1S/C28H45N3O7/c1-9-20(30-27(36)37-16-19-13-11-10-12-14-19)23(32)25(34)29-21(15-17(2)3)24(33)31-22(18(4)5)26(35)38-28(6,7)8/h10-14,17-18,20-23,32H,9,15-16H2,1-8H3,(H,29,34)(H,30,36)(H,31,33)/t20?,21-,22+,23?/m1/s1. The van der Waals surface area contributed by atoms with Gasteiger partial charge in [0, 0.05) is 0 Å². The van der Waals surface area contributed by atoms with Crippen LogP contribution in [0.3, 0.4) is 0 Å². The smallest absolute Gasteiger partial charge is 0.407 e. The number of benzene rings is 1. The molecule has 0 aliphatic carbocycles. The van der Waals surface area contributed by atoms with Gasteiger partial charge in [-0.15, -0.1) is 0 Å². The van der Waals surface area contributed by atoms with E-state index >= 15 is 0 Å². The molecule has 1 aromatic rings. The molecule has 0 aromatic heterocycles. The highest BCUT2D eigenvalue weighted by Gasteiger charge is 2.34.